The number of hydrogen-bond acceptors (Lipinski definition) is 16. The van der Waals surface area contributed by atoms with Crippen molar-refractivity contribution in [3.05, 3.63) is 52.1 Å². The van der Waals surface area contributed by atoms with E-state index in [2.05, 4.69) is 0 Å². The number of ketones is 5. The number of phenolic OH excluding ortho intramolecular Hbond substituents is 1. The minimum Gasteiger partial charge on any atom is -0.507 e. The number of hydrogen-bond donors (Lipinski definition) is 3. The Bertz CT molecular complexity index is 2060. The number of aromatic hydroxyl groups is 1. The minimum atomic E-state index is -2.80. The molecule has 3 N–H and O–H groups in total. The number of aliphatic hydroxyl groups is 2. The molecule has 318 valence electrons. The van der Waals surface area contributed by atoms with Gasteiger partial charge in [-0.2, -0.15) is 0 Å². The Morgan fingerprint density at radius 2 is 1.56 bits per heavy atom. The smallest absolute Gasteiger partial charge is 0.198 e. The van der Waals surface area contributed by atoms with Gasteiger partial charge in [-0.3, -0.25) is 24.0 Å². The average Bonchev–Trinajstić information content (AvgIpc) is 3.16. The number of allylic oxidation sites excluding steroid dienone is 2. The van der Waals surface area contributed by atoms with E-state index in [0.717, 1.165) is 6.08 Å². The van der Waals surface area contributed by atoms with Crippen LogP contribution in [0.15, 0.2) is 35.4 Å². The number of ether oxygens (including phenoxy) is 8. The average molecular weight is 823 g/mol. The molecule has 5 aliphatic heterocycles. The van der Waals surface area contributed by atoms with Gasteiger partial charge in [0, 0.05) is 61.6 Å². The maximum atomic E-state index is 14.4. The number of phenols is 1. The highest BCUT2D eigenvalue weighted by Crippen LogP contribution is 2.53. The van der Waals surface area contributed by atoms with Gasteiger partial charge in [0.25, 0.3) is 0 Å². The van der Waals surface area contributed by atoms with E-state index < -0.39 is 120 Å². The van der Waals surface area contributed by atoms with Crippen molar-refractivity contribution >= 4 is 28.9 Å². The molecule has 16 nitrogen and oxygen atoms in total. The number of carbonyl (C=O) groups excluding carboxylic acids is 5. The van der Waals surface area contributed by atoms with Gasteiger partial charge in [-0.25, -0.2) is 0 Å². The van der Waals surface area contributed by atoms with Gasteiger partial charge in [0.05, 0.1) is 47.3 Å². The van der Waals surface area contributed by atoms with Gasteiger partial charge in [0.15, 0.2) is 53.4 Å². The van der Waals surface area contributed by atoms with Crippen LogP contribution in [-0.2, 0) is 52.3 Å². The Morgan fingerprint density at radius 1 is 0.797 bits per heavy atom. The number of carbonyl (C=O) groups is 5. The highest BCUT2D eigenvalue weighted by atomic mass is 16.7. The Hall–Kier alpha value is -3.55. The summed E-state index contributed by atoms with van der Waals surface area (Å²) in [7, 11) is 0. The zero-order chi connectivity index (χ0) is 41.9. The van der Waals surface area contributed by atoms with Gasteiger partial charge in [-0.05, 0) is 53.2 Å². The van der Waals surface area contributed by atoms with Crippen LogP contribution in [-0.4, -0.2) is 129 Å². The molecule has 0 bridgehead atoms. The van der Waals surface area contributed by atoms with Crippen molar-refractivity contribution in [1.82, 2.24) is 0 Å². The quantitative estimate of drug-likeness (QED) is 0.389. The predicted octanol–water partition coefficient (Wildman–Crippen LogP) is 2.95. The van der Waals surface area contributed by atoms with E-state index in [-0.39, 0.29) is 59.2 Å². The van der Waals surface area contributed by atoms with Gasteiger partial charge >= 0.3 is 0 Å². The number of rotatable bonds is 5. The normalized spacial score (nSPS) is 44.7. The van der Waals surface area contributed by atoms with Crippen LogP contribution in [0.5, 0.6) is 5.75 Å². The summed E-state index contributed by atoms with van der Waals surface area (Å²) in [6.45, 7) is 8.59. The summed E-state index contributed by atoms with van der Waals surface area (Å²) in [5.41, 5.74) is -7.72. The zero-order valence-corrected chi connectivity index (χ0v) is 33.5. The van der Waals surface area contributed by atoms with Crippen molar-refractivity contribution in [3.8, 4) is 5.75 Å². The van der Waals surface area contributed by atoms with Crippen molar-refractivity contribution in [3.63, 3.8) is 0 Å². The van der Waals surface area contributed by atoms with Crippen LogP contribution < -0.4 is 0 Å². The lowest BCUT2D eigenvalue weighted by atomic mass is 9.57. The highest BCUT2D eigenvalue weighted by Gasteiger charge is 2.67. The van der Waals surface area contributed by atoms with Crippen molar-refractivity contribution in [2.75, 3.05) is 0 Å². The molecule has 59 heavy (non-hydrogen) atoms. The first-order chi connectivity index (χ1) is 27.9. The maximum absolute atomic E-state index is 14.4. The van der Waals surface area contributed by atoms with Crippen molar-refractivity contribution in [2.45, 2.75) is 177 Å². The van der Waals surface area contributed by atoms with Gasteiger partial charge in [-0.15, -0.1) is 0 Å². The summed E-state index contributed by atoms with van der Waals surface area (Å²) >= 11 is 0. The van der Waals surface area contributed by atoms with Crippen LogP contribution in [0, 0.1) is 0 Å². The second-order valence-electron chi connectivity index (χ2n) is 17.6. The Morgan fingerprint density at radius 3 is 2.31 bits per heavy atom. The van der Waals surface area contributed by atoms with Gasteiger partial charge in [-0.1, -0.05) is 12.1 Å². The molecule has 0 unspecified atom stereocenters. The second-order valence-corrected chi connectivity index (χ2v) is 17.6. The third-order valence-corrected chi connectivity index (χ3v) is 13.4. The summed E-state index contributed by atoms with van der Waals surface area (Å²) in [4.78, 5) is 67.0. The molecule has 0 spiro atoms. The van der Waals surface area contributed by atoms with Crippen LogP contribution >= 0.6 is 0 Å². The fourth-order valence-electron chi connectivity index (χ4n) is 10.3. The van der Waals surface area contributed by atoms with Gasteiger partial charge in [0.1, 0.15) is 35.8 Å². The summed E-state index contributed by atoms with van der Waals surface area (Å²) in [6.07, 6.45) is -3.32. The molecule has 1 saturated carbocycles. The molecule has 5 heterocycles. The summed E-state index contributed by atoms with van der Waals surface area (Å²) in [5, 5.41) is 36.1. The Labute approximate surface area is 340 Å². The number of fused-ring (bicyclic) bond motifs is 5. The van der Waals surface area contributed by atoms with E-state index in [9.17, 15) is 39.3 Å². The van der Waals surface area contributed by atoms with Gasteiger partial charge in [0.2, 0.25) is 0 Å². The van der Waals surface area contributed by atoms with Crippen molar-refractivity contribution in [1.29, 1.82) is 0 Å². The lowest BCUT2D eigenvalue weighted by Gasteiger charge is -2.53. The van der Waals surface area contributed by atoms with Crippen LogP contribution in [0.1, 0.15) is 118 Å². The molecule has 16 heteroatoms. The van der Waals surface area contributed by atoms with E-state index >= 15 is 0 Å². The molecular weight excluding hydrogens is 772 g/mol. The lowest BCUT2D eigenvalue weighted by Crippen LogP contribution is -2.69. The van der Waals surface area contributed by atoms with Crippen LogP contribution in [0.25, 0.3) is 0 Å². The first kappa shape index (κ1) is 40.8. The molecule has 1 aromatic rings. The van der Waals surface area contributed by atoms with E-state index in [1.165, 1.54) is 18.2 Å². The standard InChI is InChI=1S/C43H50O16/c1-18-25(44)8-10-32(53-18)57-27-9-11-33(54-20(27)3)59-41(5)16-31(46)43(51)35-24(12-13-42(43,50)17-41)37(48)34-23(38(35)49)7-6-22(36(34)47)28-15-29-39(21(4)52-28)58-40-30(56-29)14-26(45)19(2)55-40/h6-7,12-13,18-21,27-30,32-33,39-40,47,50-51H,8-11,14-17H2,1-5H3/t18-,19-,20+,21+,27+,28-,29+,30-,32+,33-,39-,40-,41-,42+,43-/m1/s1. The summed E-state index contributed by atoms with van der Waals surface area (Å²) in [5.74, 6) is -3.19. The minimum absolute atomic E-state index is 0.0306. The molecule has 3 aliphatic carbocycles. The largest absolute Gasteiger partial charge is 0.507 e. The van der Waals surface area contributed by atoms with Crippen molar-refractivity contribution < 1.29 is 77.2 Å². The van der Waals surface area contributed by atoms with E-state index in [0.29, 0.717) is 25.7 Å². The molecule has 5 saturated heterocycles. The van der Waals surface area contributed by atoms with Crippen LogP contribution in [0.2, 0.25) is 0 Å². The van der Waals surface area contributed by atoms with Crippen LogP contribution in [0.3, 0.4) is 0 Å². The molecule has 8 aliphatic rings. The fraction of sp³-hybridized carbons (Fsp3) is 0.651. The van der Waals surface area contributed by atoms with Crippen LogP contribution in [0.4, 0.5) is 0 Å². The topological polar surface area (TPSA) is 220 Å². The SMILES string of the molecule is C[C@@H]1O[C@@H](c2ccc3c(c2O)C(=O)C2=C(C3=O)[C@]3(O)C(=O)C[C@@](C)(O[C@@H]4CC[C@H](O[C@H]5CCC(=O)[C@@H](C)O5)[C@H](C)O4)C[C@@]3(O)C=C2)C[C@@H]2O[C@@H]3CC(=O)[C@@H](C)O[C@@H]3O[C@H]12. The molecule has 0 aromatic heterocycles. The fourth-order valence-corrected chi connectivity index (χ4v) is 10.3. The third-order valence-electron chi connectivity index (χ3n) is 13.4. The Balaban J connectivity index is 0.908. The number of benzene rings is 1. The van der Waals surface area contributed by atoms with E-state index in [1.807, 2.05) is 6.92 Å². The second kappa shape index (κ2) is 14.5. The Kier molecular flexibility index (Phi) is 10.1. The molecular formula is C43H50O16. The molecule has 0 amide bonds. The molecule has 6 fully saturated rings. The first-order valence-electron chi connectivity index (χ1n) is 20.6. The van der Waals surface area contributed by atoms with Crippen molar-refractivity contribution in [2.24, 2.45) is 0 Å². The maximum Gasteiger partial charge on any atom is 0.198 e. The number of Topliss-reactive ketones (excluding diaryl/α,β-unsaturated/α-hetero) is 5. The first-order valence-corrected chi connectivity index (χ1v) is 20.6. The lowest BCUT2D eigenvalue weighted by molar-refractivity contribution is -0.347. The highest BCUT2D eigenvalue weighted by molar-refractivity contribution is 6.32. The predicted molar refractivity (Wildman–Crippen MR) is 199 cm³/mol. The monoisotopic (exact) mass is 822 g/mol. The molecule has 15 atom stereocenters. The van der Waals surface area contributed by atoms with E-state index in [4.69, 9.17) is 37.9 Å². The molecule has 1 aromatic carbocycles. The summed E-state index contributed by atoms with van der Waals surface area (Å²) in [6, 6.07) is 2.80. The zero-order valence-electron chi connectivity index (χ0n) is 33.5. The van der Waals surface area contributed by atoms with Gasteiger partial charge < -0.3 is 53.2 Å². The molecule has 0 radical (unpaired) electrons. The third kappa shape index (κ3) is 6.62. The van der Waals surface area contributed by atoms with E-state index in [1.54, 1.807) is 27.7 Å². The molecule has 9 rings (SSSR count). The summed E-state index contributed by atoms with van der Waals surface area (Å²) < 4.78 is 48.8.